The van der Waals surface area contributed by atoms with Gasteiger partial charge >= 0.3 is 5.97 Å². The molecule has 7 nitrogen and oxygen atoms in total. The van der Waals surface area contributed by atoms with Crippen molar-refractivity contribution >= 4 is 5.97 Å². The zero-order chi connectivity index (χ0) is 20.6. The summed E-state index contributed by atoms with van der Waals surface area (Å²) >= 11 is 0. The molecule has 2 N–H and O–H groups in total. The largest absolute Gasteiger partial charge is 0.481 e. The van der Waals surface area contributed by atoms with Crippen LogP contribution in [0.15, 0.2) is 54.6 Å². The number of aryl methyl sites for hydroxylation is 2. The predicted octanol–water partition coefficient (Wildman–Crippen LogP) is 3.68. The highest BCUT2D eigenvalue weighted by atomic mass is 16.4. The van der Waals surface area contributed by atoms with Crippen molar-refractivity contribution in [3.63, 3.8) is 0 Å². The van der Waals surface area contributed by atoms with E-state index < -0.39 is 5.97 Å². The van der Waals surface area contributed by atoms with Crippen LogP contribution in [-0.2, 0) is 11.3 Å². The van der Waals surface area contributed by atoms with Gasteiger partial charge in [0, 0.05) is 12.6 Å². The lowest BCUT2D eigenvalue weighted by atomic mass is 9.98. The Morgan fingerprint density at radius 3 is 2.48 bits per heavy atom. The van der Waals surface area contributed by atoms with Crippen LogP contribution in [0.4, 0.5) is 0 Å². The van der Waals surface area contributed by atoms with Gasteiger partial charge in [-0.3, -0.25) is 10.1 Å². The maximum Gasteiger partial charge on any atom is 0.305 e. The molecule has 0 radical (unpaired) electrons. The molecule has 0 bridgehead atoms. The van der Waals surface area contributed by atoms with Gasteiger partial charge in [0.25, 0.3) is 0 Å². The summed E-state index contributed by atoms with van der Waals surface area (Å²) in [5, 5.41) is 25.3. The molecule has 0 aliphatic heterocycles. The summed E-state index contributed by atoms with van der Waals surface area (Å²) in [7, 11) is 0. The molecule has 0 amide bonds. The van der Waals surface area contributed by atoms with Gasteiger partial charge < -0.3 is 5.11 Å². The molecule has 2 unspecified atom stereocenters. The summed E-state index contributed by atoms with van der Waals surface area (Å²) in [4.78, 5) is 11.6. The summed E-state index contributed by atoms with van der Waals surface area (Å²) in [6, 6.07) is 17.1. The minimum absolute atomic E-state index is 0.0388. The minimum Gasteiger partial charge on any atom is -0.481 e. The van der Waals surface area contributed by atoms with Gasteiger partial charge in [0.05, 0.1) is 12.5 Å². The highest BCUT2D eigenvalue weighted by Gasteiger charge is 2.26. The summed E-state index contributed by atoms with van der Waals surface area (Å²) in [5.41, 5.74) is 3.04. The molecule has 29 heavy (non-hydrogen) atoms. The molecule has 152 valence electrons. The Morgan fingerprint density at radius 2 is 1.83 bits per heavy atom. The van der Waals surface area contributed by atoms with Crippen molar-refractivity contribution in [1.29, 1.82) is 0 Å². The number of carboxylic acids is 1. The van der Waals surface area contributed by atoms with E-state index in [9.17, 15) is 9.90 Å². The van der Waals surface area contributed by atoms with E-state index in [-0.39, 0.29) is 18.5 Å². The molecular weight excluding hydrogens is 366 g/mol. The van der Waals surface area contributed by atoms with Crippen LogP contribution in [0.5, 0.6) is 0 Å². The Morgan fingerprint density at radius 1 is 1.10 bits per heavy atom. The number of aliphatic carboxylic acids is 1. The van der Waals surface area contributed by atoms with Crippen LogP contribution in [0, 0.1) is 6.92 Å². The van der Waals surface area contributed by atoms with Crippen molar-refractivity contribution in [2.45, 2.75) is 51.7 Å². The molecule has 0 fully saturated rings. The fourth-order valence-electron chi connectivity index (χ4n) is 3.30. The van der Waals surface area contributed by atoms with Crippen LogP contribution in [0.1, 0.15) is 60.8 Å². The van der Waals surface area contributed by atoms with Crippen LogP contribution in [0.2, 0.25) is 0 Å². The maximum atomic E-state index is 11.6. The third-order valence-electron chi connectivity index (χ3n) is 4.90. The lowest BCUT2D eigenvalue weighted by molar-refractivity contribution is -0.137. The van der Waals surface area contributed by atoms with Gasteiger partial charge in [-0.1, -0.05) is 73.5 Å². The number of hydrogen-bond acceptors (Lipinski definition) is 5. The number of rotatable bonds is 10. The third-order valence-corrected chi connectivity index (χ3v) is 4.90. The lowest BCUT2D eigenvalue weighted by Gasteiger charge is -2.25. The molecule has 3 rings (SSSR count). The van der Waals surface area contributed by atoms with E-state index in [0.717, 1.165) is 36.1 Å². The smallest absolute Gasteiger partial charge is 0.305 e. The van der Waals surface area contributed by atoms with Crippen LogP contribution >= 0.6 is 0 Å². The lowest BCUT2D eigenvalue weighted by Crippen LogP contribution is -2.31. The number of unbranched alkanes of at least 4 members (excludes halogenated alkanes) is 1. The quantitative estimate of drug-likeness (QED) is 0.546. The summed E-state index contributed by atoms with van der Waals surface area (Å²) in [6.07, 6.45) is 1.97. The van der Waals surface area contributed by atoms with Crippen molar-refractivity contribution in [3.8, 4) is 0 Å². The second-order valence-electron chi connectivity index (χ2n) is 7.19. The zero-order valence-corrected chi connectivity index (χ0v) is 16.8. The number of tetrazole rings is 1. The van der Waals surface area contributed by atoms with Gasteiger partial charge in [0.1, 0.15) is 0 Å². The molecule has 7 heteroatoms. The van der Waals surface area contributed by atoms with Crippen molar-refractivity contribution in [3.05, 3.63) is 77.1 Å². The number of aromatic nitrogens is 4. The van der Waals surface area contributed by atoms with E-state index >= 15 is 0 Å². The fraction of sp³-hybridized carbons (Fsp3) is 0.364. The number of nitrogens with one attached hydrogen (secondary N) is 1. The molecule has 1 aromatic heterocycles. The maximum absolute atomic E-state index is 11.6. The van der Waals surface area contributed by atoms with E-state index in [1.54, 1.807) is 4.68 Å². The van der Waals surface area contributed by atoms with Gasteiger partial charge in [-0.2, -0.15) is 0 Å². The fourth-order valence-corrected chi connectivity index (χ4v) is 3.30. The van der Waals surface area contributed by atoms with Crippen LogP contribution in [0.3, 0.4) is 0 Å². The highest BCUT2D eigenvalue weighted by molar-refractivity contribution is 5.68. The molecular formula is C22H27N5O2. The molecule has 1 heterocycles. The molecule has 2 atom stereocenters. The first-order chi connectivity index (χ1) is 14.1. The number of nitrogens with zero attached hydrogens (tertiary/aromatic N) is 4. The average molecular weight is 393 g/mol. The Labute approximate surface area is 170 Å². The summed E-state index contributed by atoms with van der Waals surface area (Å²) in [5.74, 6) is -0.174. The Balaban J connectivity index is 1.97. The van der Waals surface area contributed by atoms with Crippen LogP contribution in [-0.4, -0.2) is 31.3 Å². The Hall–Kier alpha value is -3.06. The van der Waals surface area contributed by atoms with Crippen molar-refractivity contribution in [2.75, 3.05) is 0 Å². The molecule has 0 aliphatic rings. The Kier molecular flexibility index (Phi) is 7.08. The third kappa shape index (κ3) is 5.48. The van der Waals surface area contributed by atoms with Gasteiger partial charge in [0.15, 0.2) is 5.82 Å². The SMILES string of the molecule is CCCCn1nnnc1C(NC(CC(=O)O)c1ccc(C)cc1)c1ccccc1. The van der Waals surface area contributed by atoms with E-state index in [4.69, 9.17) is 0 Å². The molecule has 0 spiro atoms. The molecule has 0 aliphatic carbocycles. The van der Waals surface area contributed by atoms with Gasteiger partial charge in [0.2, 0.25) is 0 Å². The van der Waals surface area contributed by atoms with Gasteiger partial charge in [-0.05, 0) is 34.9 Å². The van der Waals surface area contributed by atoms with Gasteiger partial charge in [-0.15, -0.1) is 5.10 Å². The van der Waals surface area contributed by atoms with Crippen LogP contribution in [0.25, 0.3) is 0 Å². The highest BCUT2D eigenvalue weighted by Crippen LogP contribution is 2.27. The predicted molar refractivity (Wildman–Crippen MR) is 110 cm³/mol. The second-order valence-corrected chi connectivity index (χ2v) is 7.19. The first kappa shape index (κ1) is 20.7. The van der Waals surface area contributed by atoms with E-state index in [1.165, 1.54) is 0 Å². The topological polar surface area (TPSA) is 92.9 Å². The standard InChI is InChI=1S/C22H27N5O2/c1-3-4-14-27-22(24-25-26-27)21(18-8-6-5-7-9-18)23-19(15-20(28)29)17-12-10-16(2)11-13-17/h5-13,19,21,23H,3-4,14-15H2,1-2H3,(H,28,29). The first-order valence-electron chi connectivity index (χ1n) is 9.94. The first-order valence-corrected chi connectivity index (χ1v) is 9.94. The van der Waals surface area contributed by atoms with Gasteiger partial charge in [-0.25, -0.2) is 4.68 Å². The Bertz CT molecular complexity index is 908. The zero-order valence-electron chi connectivity index (χ0n) is 16.8. The number of hydrogen-bond donors (Lipinski definition) is 2. The van der Waals surface area contributed by atoms with Crippen molar-refractivity contribution < 1.29 is 9.90 Å². The van der Waals surface area contributed by atoms with Crippen molar-refractivity contribution in [2.24, 2.45) is 0 Å². The van der Waals surface area contributed by atoms with E-state index in [2.05, 4.69) is 27.8 Å². The van der Waals surface area contributed by atoms with E-state index in [0.29, 0.717) is 5.82 Å². The number of carboxylic acid groups (broad SMARTS) is 1. The normalized spacial score (nSPS) is 13.2. The molecule has 2 aromatic carbocycles. The average Bonchev–Trinajstić information content (AvgIpc) is 3.18. The molecule has 3 aromatic rings. The number of carbonyl (C=O) groups is 1. The van der Waals surface area contributed by atoms with Crippen molar-refractivity contribution in [1.82, 2.24) is 25.5 Å². The van der Waals surface area contributed by atoms with Crippen LogP contribution < -0.4 is 5.32 Å². The summed E-state index contributed by atoms with van der Waals surface area (Å²) in [6.45, 7) is 4.85. The summed E-state index contributed by atoms with van der Waals surface area (Å²) < 4.78 is 1.81. The minimum atomic E-state index is -0.861. The number of benzene rings is 2. The monoisotopic (exact) mass is 393 g/mol. The second kappa shape index (κ2) is 9.93. The van der Waals surface area contributed by atoms with E-state index in [1.807, 2.05) is 61.5 Å². The molecule has 0 saturated carbocycles. The molecule has 0 saturated heterocycles.